The van der Waals surface area contributed by atoms with Gasteiger partial charge in [0, 0.05) is 25.6 Å². The molecule has 0 bridgehead atoms. The fraction of sp³-hybridized carbons (Fsp3) is 0.562. The van der Waals surface area contributed by atoms with Crippen molar-refractivity contribution in [3.8, 4) is 0 Å². The first-order valence-electron chi connectivity index (χ1n) is 7.32. The molecule has 1 aliphatic heterocycles. The average molecular weight is 315 g/mol. The quantitative estimate of drug-likeness (QED) is 0.908. The van der Waals surface area contributed by atoms with Crippen molar-refractivity contribution >= 4 is 18.3 Å². The van der Waals surface area contributed by atoms with Gasteiger partial charge in [-0.1, -0.05) is 12.1 Å². The molecule has 0 saturated carbocycles. The van der Waals surface area contributed by atoms with Crippen LogP contribution in [0.2, 0.25) is 0 Å². The van der Waals surface area contributed by atoms with Crippen LogP contribution in [-0.4, -0.2) is 29.9 Å². The van der Waals surface area contributed by atoms with E-state index in [1.807, 2.05) is 24.0 Å². The van der Waals surface area contributed by atoms with Gasteiger partial charge >= 0.3 is 0 Å². The van der Waals surface area contributed by atoms with Crippen LogP contribution in [0.1, 0.15) is 31.7 Å². The molecular formula is C16H24ClFN2O. The molecule has 1 amide bonds. The lowest BCUT2D eigenvalue weighted by Crippen LogP contribution is -2.30. The van der Waals surface area contributed by atoms with E-state index in [2.05, 4.69) is 0 Å². The lowest BCUT2D eigenvalue weighted by atomic mass is 9.99. The number of hydrogen-bond acceptors (Lipinski definition) is 2. The number of nitrogens with two attached hydrogens (primary N) is 1. The summed E-state index contributed by atoms with van der Waals surface area (Å²) in [6.45, 7) is 3.58. The van der Waals surface area contributed by atoms with Crippen molar-refractivity contribution < 1.29 is 9.18 Å². The van der Waals surface area contributed by atoms with E-state index in [0.717, 1.165) is 37.9 Å². The van der Waals surface area contributed by atoms with Gasteiger partial charge in [0.05, 0.1) is 0 Å². The third-order valence-electron chi connectivity index (χ3n) is 3.89. The Labute approximate surface area is 132 Å². The van der Waals surface area contributed by atoms with Gasteiger partial charge in [0.25, 0.3) is 0 Å². The van der Waals surface area contributed by atoms with Crippen LogP contribution in [0.15, 0.2) is 24.3 Å². The molecule has 118 valence electrons. The van der Waals surface area contributed by atoms with Gasteiger partial charge in [-0.2, -0.15) is 0 Å². The summed E-state index contributed by atoms with van der Waals surface area (Å²) in [6, 6.07) is 6.73. The summed E-state index contributed by atoms with van der Waals surface area (Å²) in [7, 11) is 0. The summed E-state index contributed by atoms with van der Waals surface area (Å²) in [5, 5.41) is 0. The van der Waals surface area contributed by atoms with E-state index in [9.17, 15) is 9.18 Å². The first kappa shape index (κ1) is 17.9. The highest BCUT2D eigenvalue weighted by atomic mass is 35.5. The molecule has 0 radical (unpaired) electrons. The number of halogens is 2. The molecule has 1 fully saturated rings. The fourth-order valence-corrected chi connectivity index (χ4v) is 2.69. The van der Waals surface area contributed by atoms with Crippen molar-refractivity contribution in [2.24, 2.45) is 11.7 Å². The SMILES string of the molecule is CC(N)CCC(=O)N1CCC(Cc2ccc(F)cc2)C1.Cl. The minimum atomic E-state index is -0.201. The standard InChI is InChI=1S/C16H23FN2O.ClH/c1-12(18)2-7-16(20)19-9-8-14(11-19)10-13-3-5-15(17)6-4-13;/h3-6,12,14H,2,7-11,18H2,1H3;1H. The zero-order valence-corrected chi connectivity index (χ0v) is 13.2. The van der Waals surface area contributed by atoms with E-state index < -0.39 is 0 Å². The Bertz CT molecular complexity index is 450. The van der Waals surface area contributed by atoms with Gasteiger partial charge in [-0.3, -0.25) is 4.79 Å². The molecule has 0 spiro atoms. The van der Waals surface area contributed by atoms with Gasteiger partial charge < -0.3 is 10.6 Å². The third-order valence-corrected chi connectivity index (χ3v) is 3.89. The van der Waals surface area contributed by atoms with Crippen molar-refractivity contribution in [2.45, 2.75) is 38.6 Å². The Morgan fingerprint density at radius 2 is 2.10 bits per heavy atom. The maximum absolute atomic E-state index is 12.9. The maximum atomic E-state index is 12.9. The van der Waals surface area contributed by atoms with Crippen molar-refractivity contribution in [1.82, 2.24) is 4.90 Å². The molecule has 2 rings (SSSR count). The molecule has 1 heterocycles. The Kier molecular flexibility index (Phi) is 7.12. The Morgan fingerprint density at radius 1 is 1.43 bits per heavy atom. The van der Waals surface area contributed by atoms with Gasteiger partial charge in [-0.25, -0.2) is 4.39 Å². The van der Waals surface area contributed by atoms with Gasteiger partial charge in [0.1, 0.15) is 5.82 Å². The van der Waals surface area contributed by atoms with Gasteiger partial charge in [0.15, 0.2) is 0 Å². The minimum Gasteiger partial charge on any atom is -0.342 e. The van der Waals surface area contributed by atoms with Crippen molar-refractivity contribution in [2.75, 3.05) is 13.1 Å². The second kappa shape index (κ2) is 8.35. The highest BCUT2D eigenvalue weighted by Gasteiger charge is 2.26. The van der Waals surface area contributed by atoms with E-state index in [0.29, 0.717) is 12.3 Å². The topological polar surface area (TPSA) is 46.3 Å². The first-order chi connectivity index (χ1) is 9.54. The lowest BCUT2D eigenvalue weighted by molar-refractivity contribution is -0.130. The molecular weight excluding hydrogens is 291 g/mol. The predicted octanol–water partition coefficient (Wildman–Crippen LogP) is 2.77. The number of carbonyl (C=O) groups excluding carboxylic acids is 1. The zero-order chi connectivity index (χ0) is 14.5. The van der Waals surface area contributed by atoms with Crippen LogP contribution in [-0.2, 0) is 11.2 Å². The molecule has 2 atom stereocenters. The molecule has 2 unspecified atom stereocenters. The molecule has 3 nitrogen and oxygen atoms in total. The smallest absolute Gasteiger partial charge is 0.222 e. The first-order valence-corrected chi connectivity index (χ1v) is 7.32. The van der Waals surface area contributed by atoms with Gasteiger partial charge in [0.2, 0.25) is 5.91 Å². The van der Waals surface area contributed by atoms with Crippen LogP contribution in [0.4, 0.5) is 4.39 Å². The molecule has 0 aromatic heterocycles. The zero-order valence-electron chi connectivity index (χ0n) is 12.4. The predicted molar refractivity (Wildman–Crippen MR) is 84.9 cm³/mol. The van der Waals surface area contributed by atoms with E-state index in [1.54, 1.807) is 0 Å². The van der Waals surface area contributed by atoms with Crippen LogP contribution in [0, 0.1) is 11.7 Å². The summed E-state index contributed by atoms with van der Waals surface area (Å²) >= 11 is 0. The van der Waals surface area contributed by atoms with Crippen LogP contribution in [0.25, 0.3) is 0 Å². The largest absolute Gasteiger partial charge is 0.342 e. The van der Waals surface area contributed by atoms with Crippen LogP contribution in [0.3, 0.4) is 0 Å². The Balaban J connectivity index is 0.00000220. The van der Waals surface area contributed by atoms with Gasteiger partial charge in [-0.15, -0.1) is 12.4 Å². The molecule has 5 heteroatoms. The number of carbonyl (C=O) groups is 1. The van der Waals surface area contributed by atoms with Crippen molar-refractivity contribution in [3.63, 3.8) is 0 Å². The van der Waals surface area contributed by atoms with Crippen molar-refractivity contribution in [1.29, 1.82) is 0 Å². The van der Waals surface area contributed by atoms with E-state index in [1.165, 1.54) is 12.1 Å². The minimum absolute atomic E-state index is 0. The van der Waals surface area contributed by atoms with Crippen LogP contribution < -0.4 is 5.73 Å². The summed E-state index contributed by atoms with van der Waals surface area (Å²) < 4.78 is 12.9. The lowest BCUT2D eigenvalue weighted by Gasteiger charge is -2.17. The Hall–Kier alpha value is -1.13. The third kappa shape index (κ3) is 5.64. The second-order valence-electron chi connectivity index (χ2n) is 5.84. The molecule has 1 aromatic rings. The monoisotopic (exact) mass is 314 g/mol. The van der Waals surface area contributed by atoms with E-state index >= 15 is 0 Å². The molecule has 1 aliphatic rings. The van der Waals surface area contributed by atoms with Gasteiger partial charge in [-0.05, 0) is 49.8 Å². The number of hydrogen-bond donors (Lipinski definition) is 1. The second-order valence-corrected chi connectivity index (χ2v) is 5.84. The maximum Gasteiger partial charge on any atom is 0.222 e. The van der Waals surface area contributed by atoms with Crippen LogP contribution in [0.5, 0.6) is 0 Å². The Morgan fingerprint density at radius 3 is 2.71 bits per heavy atom. The van der Waals surface area contributed by atoms with Crippen LogP contribution >= 0.6 is 12.4 Å². The van der Waals surface area contributed by atoms with Crippen molar-refractivity contribution in [3.05, 3.63) is 35.6 Å². The summed E-state index contributed by atoms with van der Waals surface area (Å²) in [5.74, 6) is 0.497. The highest BCUT2D eigenvalue weighted by molar-refractivity contribution is 5.85. The highest BCUT2D eigenvalue weighted by Crippen LogP contribution is 2.22. The molecule has 2 N–H and O–H groups in total. The summed E-state index contributed by atoms with van der Waals surface area (Å²) in [5.41, 5.74) is 6.82. The molecule has 21 heavy (non-hydrogen) atoms. The molecule has 1 aromatic carbocycles. The number of benzene rings is 1. The van der Waals surface area contributed by atoms with E-state index in [-0.39, 0.29) is 30.2 Å². The number of likely N-dealkylation sites (tertiary alicyclic amines) is 1. The number of nitrogens with zero attached hydrogens (tertiary/aromatic N) is 1. The molecule has 1 saturated heterocycles. The summed E-state index contributed by atoms with van der Waals surface area (Å²) in [6.07, 6.45) is 3.23. The number of amides is 1. The fourth-order valence-electron chi connectivity index (χ4n) is 2.69. The normalized spacial score (nSPS) is 19.2. The van der Waals surface area contributed by atoms with E-state index in [4.69, 9.17) is 5.73 Å². The average Bonchev–Trinajstić information content (AvgIpc) is 2.87. The molecule has 0 aliphatic carbocycles. The summed E-state index contributed by atoms with van der Waals surface area (Å²) in [4.78, 5) is 14.0. The number of rotatable bonds is 5.